The maximum Gasteiger partial charge on any atom is 0.287 e. The van der Waals surface area contributed by atoms with Gasteiger partial charge in [0.15, 0.2) is 11.5 Å². The number of nitrogens with one attached hydrogen (secondary N) is 2. The van der Waals surface area contributed by atoms with E-state index >= 15 is 0 Å². The van der Waals surface area contributed by atoms with Crippen LogP contribution in [0.4, 0.5) is 5.69 Å². The number of anilines is 1. The molecule has 0 atom stereocenters. The summed E-state index contributed by atoms with van der Waals surface area (Å²) in [6, 6.07) is 21.6. The summed E-state index contributed by atoms with van der Waals surface area (Å²) in [5.74, 6) is 0.215. The fourth-order valence-corrected chi connectivity index (χ4v) is 3.25. The molecule has 36 heavy (non-hydrogen) atoms. The molecule has 0 spiro atoms. The summed E-state index contributed by atoms with van der Waals surface area (Å²) in [6.07, 6.45) is 3.09. The number of rotatable bonds is 10. The molecule has 0 heterocycles. The summed E-state index contributed by atoms with van der Waals surface area (Å²) >= 11 is 0. The molecule has 2 N–H and O–H groups in total. The molecule has 3 rings (SSSR count). The second-order valence-electron chi connectivity index (χ2n) is 7.91. The quantitative estimate of drug-likeness (QED) is 0.256. The minimum Gasteiger partial charge on any atom is -0.493 e. The zero-order valence-corrected chi connectivity index (χ0v) is 20.8. The van der Waals surface area contributed by atoms with Gasteiger partial charge in [0.2, 0.25) is 0 Å². The van der Waals surface area contributed by atoms with Crippen LogP contribution in [0.2, 0.25) is 0 Å². The van der Waals surface area contributed by atoms with Gasteiger partial charge >= 0.3 is 0 Å². The first-order valence-electron chi connectivity index (χ1n) is 11.4. The van der Waals surface area contributed by atoms with E-state index in [4.69, 9.17) is 9.47 Å². The van der Waals surface area contributed by atoms with Crippen LogP contribution in [0.25, 0.3) is 6.08 Å². The van der Waals surface area contributed by atoms with Gasteiger partial charge < -0.3 is 19.7 Å². The number of hydrogen-bond donors (Lipinski definition) is 2. The van der Waals surface area contributed by atoms with Gasteiger partial charge in [-0.25, -0.2) is 5.43 Å². The van der Waals surface area contributed by atoms with Gasteiger partial charge in [0.1, 0.15) is 5.70 Å². The normalized spacial score (nSPS) is 11.2. The van der Waals surface area contributed by atoms with E-state index in [0.717, 1.165) is 11.3 Å². The third-order valence-electron chi connectivity index (χ3n) is 5.12. The molecule has 0 aromatic heterocycles. The van der Waals surface area contributed by atoms with Gasteiger partial charge in [-0.2, -0.15) is 5.10 Å². The van der Waals surface area contributed by atoms with E-state index in [2.05, 4.69) is 15.8 Å². The lowest BCUT2D eigenvalue weighted by molar-refractivity contribution is -0.117. The van der Waals surface area contributed by atoms with Crippen LogP contribution in [-0.4, -0.2) is 45.8 Å². The fourth-order valence-electron chi connectivity index (χ4n) is 3.25. The predicted molar refractivity (Wildman–Crippen MR) is 143 cm³/mol. The molecule has 0 aliphatic rings. The first-order valence-corrected chi connectivity index (χ1v) is 11.4. The lowest BCUT2D eigenvalue weighted by Gasteiger charge is -2.13. The van der Waals surface area contributed by atoms with Crippen molar-refractivity contribution in [2.45, 2.75) is 6.92 Å². The Balaban J connectivity index is 1.81. The highest BCUT2D eigenvalue weighted by Crippen LogP contribution is 2.27. The van der Waals surface area contributed by atoms with Crippen molar-refractivity contribution < 1.29 is 19.1 Å². The van der Waals surface area contributed by atoms with Crippen molar-refractivity contribution in [2.75, 3.05) is 32.7 Å². The van der Waals surface area contributed by atoms with E-state index in [0.29, 0.717) is 29.2 Å². The van der Waals surface area contributed by atoms with Gasteiger partial charge in [0.25, 0.3) is 11.8 Å². The molecule has 0 aliphatic heterocycles. The van der Waals surface area contributed by atoms with Crippen LogP contribution in [0, 0.1) is 0 Å². The molecule has 8 heteroatoms. The Morgan fingerprint density at radius 2 is 1.64 bits per heavy atom. The molecule has 0 fully saturated rings. The molecule has 0 saturated carbocycles. The number of hydrazone groups is 1. The molecule has 0 unspecified atom stereocenters. The second kappa shape index (κ2) is 12.8. The Morgan fingerprint density at radius 3 is 2.28 bits per heavy atom. The number of hydrogen-bond acceptors (Lipinski definition) is 6. The minimum absolute atomic E-state index is 0.0587. The van der Waals surface area contributed by atoms with E-state index in [-0.39, 0.29) is 5.70 Å². The average Bonchev–Trinajstić information content (AvgIpc) is 2.89. The first-order chi connectivity index (χ1) is 17.4. The molecule has 0 saturated heterocycles. The monoisotopic (exact) mass is 486 g/mol. The molecular formula is C28H30N4O4. The van der Waals surface area contributed by atoms with Crippen LogP contribution >= 0.6 is 0 Å². The van der Waals surface area contributed by atoms with Crippen LogP contribution in [-0.2, 0) is 4.79 Å². The summed E-state index contributed by atoms with van der Waals surface area (Å²) < 4.78 is 10.9. The molecular weight excluding hydrogens is 456 g/mol. The van der Waals surface area contributed by atoms with Crippen molar-refractivity contribution >= 4 is 29.8 Å². The summed E-state index contributed by atoms with van der Waals surface area (Å²) in [4.78, 5) is 27.7. The van der Waals surface area contributed by atoms with Crippen LogP contribution in [0.1, 0.15) is 28.4 Å². The lowest BCUT2D eigenvalue weighted by atomic mass is 10.1. The van der Waals surface area contributed by atoms with Gasteiger partial charge in [-0.05, 0) is 66.6 Å². The van der Waals surface area contributed by atoms with Gasteiger partial charge in [0.05, 0.1) is 19.9 Å². The standard InChI is InChI=1S/C28H30N4O4/c1-5-36-26-18-21(13-16-25(26)35-4)19-29-31-28(34)24(30-27(33)22-9-7-6-8-10-22)17-20-11-14-23(15-12-20)32(2)3/h6-19H,5H2,1-4H3,(H,30,33)(H,31,34). The smallest absolute Gasteiger partial charge is 0.287 e. The third kappa shape index (κ3) is 7.20. The highest BCUT2D eigenvalue weighted by Gasteiger charge is 2.14. The fraction of sp³-hybridized carbons (Fsp3) is 0.179. The van der Waals surface area contributed by atoms with Crippen molar-refractivity contribution in [1.82, 2.24) is 10.7 Å². The SMILES string of the molecule is CCOc1cc(C=NNC(=O)C(=Cc2ccc(N(C)C)cc2)NC(=O)c2ccccc2)ccc1OC. The number of carbonyl (C=O) groups excluding carboxylic acids is 2. The molecule has 3 aromatic carbocycles. The van der Waals surface area contributed by atoms with Crippen LogP contribution < -0.4 is 25.1 Å². The number of ether oxygens (including phenoxy) is 2. The maximum atomic E-state index is 13.0. The Morgan fingerprint density at radius 1 is 0.944 bits per heavy atom. The molecule has 8 nitrogen and oxygen atoms in total. The zero-order valence-electron chi connectivity index (χ0n) is 20.8. The highest BCUT2D eigenvalue weighted by atomic mass is 16.5. The Labute approximate surface area is 211 Å². The maximum absolute atomic E-state index is 13.0. The van der Waals surface area contributed by atoms with E-state index in [9.17, 15) is 9.59 Å². The molecule has 0 radical (unpaired) electrons. The van der Waals surface area contributed by atoms with Crippen molar-refractivity contribution in [3.8, 4) is 11.5 Å². The largest absolute Gasteiger partial charge is 0.493 e. The summed E-state index contributed by atoms with van der Waals surface area (Å²) in [5, 5.41) is 6.76. The second-order valence-corrected chi connectivity index (χ2v) is 7.91. The van der Waals surface area contributed by atoms with Gasteiger partial charge in [-0.15, -0.1) is 0 Å². The van der Waals surface area contributed by atoms with Crippen molar-refractivity contribution in [3.63, 3.8) is 0 Å². The zero-order chi connectivity index (χ0) is 25.9. The molecule has 0 aliphatic carbocycles. The summed E-state index contributed by atoms with van der Waals surface area (Å²) in [7, 11) is 5.46. The predicted octanol–water partition coefficient (Wildman–Crippen LogP) is 4.08. The third-order valence-corrected chi connectivity index (χ3v) is 5.12. The molecule has 0 bridgehead atoms. The molecule has 2 amide bonds. The van der Waals surface area contributed by atoms with E-state index in [1.165, 1.54) is 6.21 Å². The van der Waals surface area contributed by atoms with Gasteiger partial charge in [0, 0.05) is 25.3 Å². The van der Waals surface area contributed by atoms with Crippen LogP contribution in [0.15, 0.2) is 83.6 Å². The van der Waals surface area contributed by atoms with Gasteiger partial charge in [-0.3, -0.25) is 9.59 Å². The Bertz CT molecular complexity index is 1240. The number of benzene rings is 3. The minimum atomic E-state index is -0.564. The van der Waals surface area contributed by atoms with Gasteiger partial charge in [-0.1, -0.05) is 30.3 Å². The van der Waals surface area contributed by atoms with E-state index in [1.807, 2.05) is 56.3 Å². The highest BCUT2D eigenvalue weighted by molar-refractivity contribution is 6.05. The first kappa shape index (κ1) is 26.0. The Hall–Kier alpha value is -4.59. The van der Waals surface area contributed by atoms with E-state index < -0.39 is 11.8 Å². The number of carbonyl (C=O) groups is 2. The Kier molecular flexibility index (Phi) is 9.22. The average molecular weight is 487 g/mol. The summed E-state index contributed by atoms with van der Waals surface area (Å²) in [5.41, 5.74) is 5.45. The summed E-state index contributed by atoms with van der Waals surface area (Å²) in [6.45, 7) is 2.37. The number of nitrogens with zero attached hydrogens (tertiary/aromatic N) is 2. The van der Waals surface area contributed by atoms with Crippen LogP contribution in [0.5, 0.6) is 11.5 Å². The van der Waals surface area contributed by atoms with Crippen LogP contribution in [0.3, 0.4) is 0 Å². The van der Waals surface area contributed by atoms with Crippen molar-refractivity contribution in [3.05, 3.63) is 95.2 Å². The van der Waals surface area contributed by atoms with Crippen molar-refractivity contribution in [1.29, 1.82) is 0 Å². The lowest BCUT2D eigenvalue weighted by Crippen LogP contribution is -2.32. The number of methoxy groups -OCH3 is 1. The number of amides is 2. The molecule has 186 valence electrons. The molecule has 3 aromatic rings. The van der Waals surface area contributed by atoms with Crippen molar-refractivity contribution in [2.24, 2.45) is 5.10 Å². The topological polar surface area (TPSA) is 92.3 Å². The van der Waals surface area contributed by atoms with E-state index in [1.54, 1.807) is 55.7 Å².